The third-order valence-electron chi connectivity index (χ3n) is 4.10. The number of aromatic nitrogens is 3. The van der Waals surface area contributed by atoms with E-state index in [1.807, 2.05) is 13.1 Å². The van der Waals surface area contributed by atoms with Crippen molar-refractivity contribution in [2.45, 2.75) is 12.6 Å². The molecule has 9 heteroatoms. The van der Waals surface area contributed by atoms with Crippen LogP contribution in [-0.2, 0) is 18.3 Å². The molecule has 3 rings (SSSR count). The van der Waals surface area contributed by atoms with E-state index in [1.165, 1.54) is 19.4 Å². The Hall–Kier alpha value is -2.68. The highest BCUT2D eigenvalue weighted by Crippen LogP contribution is 2.22. The molecule has 1 unspecified atom stereocenters. The van der Waals surface area contributed by atoms with Crippen molar-refractivity contribution in [3.63, 3.8) is 0 Å². The van der Waals surface area contributed by atoms with Crippen LogP contribution < -0.4 is 10.1 Å². The third kappa shape index (κ3) is 3.71. The zero-order chi connectivity index (χ0) is 17.8. The van der Waals surface area contributed by atoms with Crippen molar-refractivity contribution in [3.8, 4) is 5.75 Å². The number of carbonyl (C=O) groups excluding carboxylic acids is 1. The minimum Gasteiger partial charge on any atom is -0.494 e. The monoisotopic (exact) mass is 349 g/mol. The second-order valence-corrected chi connectivity index (χ2v) is 5.62. The Morgan fingerprint density at radius 3 is 3.04 bits per heavy atom. The molecule has 3 heterocycles. The Morgan fingerprint density at radius 1 is 1.48 bits per heavy atom. The summed E-state index contributed by atoms with van der Waals surface area (Å²) < 4.78 is 26.4. The van der Waals surface area contributed by atoms with Crippen molar-refractivity contribution in [3.05, 3.63) is 41.7 Å². The predicted molar refractivity (Wildman–Crippen MR) is 86.5 cm³/mol. The molecule has 25 heavy (non-hydrogen) atoms. The minimum absolute atomic E-state index is 0.0183. The van der Waals surface area contributed by atoms with Crippen molar-refractivity contribution >= 4 is 6.03 Å². The number of urea groups is 1. The number of hydrogen-bond acceptors (Lipinski definition) is 5. The summed E-state index contributed by atoms with van der Waals surface area (Å²) in [5.41, 5.74) is 1.03. The highest BCUT2D eigenvalue weighted by atomic mass is 19.1. The summed E-state index contributed by atoms with van der Waals surface area (Å²) in [4.78, 5) is 18.0. The molecule has 0 spiro atoms. The summed E-state index contributed by atoms with van der Waals surface area (Å²) >= 11 is 0. The molecule has 0 bridgehead atoms. The summed E-state index contributed by atoms with van der Waals surface area (Å²) in [5, 5.41) is 6.81. The summed E-state index contributed by atoms with van der Waals surface area (Å²) in [6.07, 6.45) is 2.89. The number of aryl methyl sites for hydroxylation is 1. The topological polar surface area (TPSA) is 81.5 Å². The first kappa shape index (κ1) is 17.2. The average Bonchev–Trinajstić information content (AvgIpc) is 3.06. The van der Waals surface area contributed by atoms with Crippen LogP contribution in [0.5, 0.6) is 5.75 Å². The lowest BCUT2D eigenvalue weighted by molar-refractivity contribution is -0.0194. The first-order chi connectivity index (χ1) is 12.1. The molecule has 8 nitrogen and oxygen atoms in total. The Labute approximate surface area is 144 Å². The van der Waals surface area contributed by atoms with Gasteiger partial charge in [0.2, 0.25) is 0 Å². The Balaban J connectivity index is 1.61. The summed E-state index contributed by atoms with van der Waals surface area (Å²) in [7, 11) is 3.21. The van der Waals surface area contributed by atoms with Gasteiger partial charge in [0.15, 0.2) is 11.6 Å². The molecule has 1 saturated heterocycles. The molecule has 2 aromatic heterocycles. The van der Waals surface area contributed by atoms with Gasteiger partial charge in [-0.3, -0.25) is 9.67 Å². The van der Waals surface area contributed by atoms with Crippen molar-refractivity contribution in [2.75, 3.05) is 26.8 Å². The maximum Gasteiger partial charge on any atom is 0.317 e. The molecular weight excluding hydrogens is 329 g/mol. The number of morpholine rings is 1. The second kappa shape index (κ2) is 7.47. The molecule has 1 N–H and O–H groups in total. The Morgan fingerprint density at radius 2 is 2.32 bits per heavy atom. The smallest absolute Gasteiger partial charge is 0.317 e. The van der Waals surface area contributed by atoms with E-state index in [2.05, 4.69) is 15.4 Å². The fourth-order valence-electron chi connectivity index (χ4n) is 2.73. The molecule has 0 aliphatic carbocycles. The van der Waals surface area contributed by atoms with Gasteiger partial charge >= 0.3 is 6.03 Å². The third-order valence-corrected chi connectivity index (χ3v) is 4.10. The number of rotatable bonds is 4. The van der Waals surface area contributed by atoms with Gasteiger partial charge in [-0.05, 0) is 6.07 Å². The van der Waals surface area contributed by atoms with Gasteiger partial charge in [0.05, 0.1) is 38.2 Å². The predicted octanol–water partition coefficient (Wildman–Crippen LogP) is 1.25. The fourth-order valence-corrected chi connectivity index (χ4v) is 2.73. The zero-order valence-corrected chi connectivity index (χ0v) is 14.1. The fraction of sp³-hybridized carbons (Fsp3) is 0.438. The lowest BCUT2D eigenvalue weighted by atomic mass is 10.2. The van der Waals surface area contributed by atoms with Crippen molar-refractivity contribution in [2.24, 2.45) is 7.05 Å². The van der Waals surface area contributed by atoms with E-state index in [9.17, 15) is 9.18 Å². The summed E-state index contributed by atoms with van der Waals surface area (Å²) in [6, 6.07) is 3.00. The Bertz CT molecular complexity index is 751. The number of ether oxygens (including phenoxy) is 2. The maximum atomic E-state index is 14.1. The van der Waals surface area contributed by atoms with Gasteiger partial charge in [0.1, 0.15) is 6.10 Å². The summed E-state index contributed by atoms with van der Waals surface area (Å²) in [5.74, 6) is -0.470. The minimum atomic E-state index is -0.569. The van der Waals surface area contributed by atoms with Gasteiger partial charge in [-0.1, -0.05) is 0 Å². The van der Waals surface area contributed by atoms with E-state index >= 15 is 0 Å². The van der Waals surface area contributed by atoms with E-state index in [4.69, 9.17) is 9.47 Å². The van der Waals surface area contributed by atoms with E-state index in [-0.39, 0.29) is 30.1 Å². The standard InChI is InChI=1S/C16H20FN5O3/c1-21-12(3-6-20-21)14-10-22(7-8-25-14)16(23)19-9-11-15(17)13(24-2)4-5-18-11/h3-6,14H,7-10H2,1-2H3,(H,19,23). The number of nitrogens with one attached hydrogen (secondary N) is 1. The van der Waals surface area contributed by atoms with Crippen LogP contribution in [0.1, 0.15) is 17.5 Å². The van der Waals surface area contributed by atoms with E-state index in [0.717, 1.165) is 5.69 Å². The molecule has 134 valence electrons. The number of pyridine rings is 1. The van der Waals surface area contributed by atoms with Gasteiger partial charge < -0.3 is 19.7 Å². The molecule has 1 fully saturated rings. The summed E-state index contributed by atoms with van der Waals surface area (Å²) in [6.45, 7) is 1.28. The quantitative estimate of drug-likeness (QED) is 0.898. The van der Waals surface area contributed by atoms with E-state index < -0.39 is 5.82 Å². The number of halogens is 1. The second-order valence-electron chi connectivity index (χ2n) is 5.62. The van der Waals surface area contributed by atoms with Gasteiger partial charge in [-0.2, -0.15) is 5.10 Å². The van der Waals surface area contributed by atoms with Gasteiger partial charge in [0.25, 0.3) is 0 Å². The van der Waals surface area contributed by atoms with Gasteiger partial charge in [-0.15, -0.1) is 0 Å². The van der Waals surface area contributed by atoms with E-state index in [1.54, 1.807) is 15.8 Å². The van der Waals surface area contributed by atoms with Crippen LogP contribution in [0, 0.1) is 5.82 Å². The van der Waals surface area contributed by atoms with Crippen molar-refractivity contribution < 1.29 is 18.7 Å². The number of amides is 2. The van der Waals surface area contributed by atoms with Crippen LogP contribution in [0.2, 0.25) is 0 Å². The molecule has 1 aliphatic rings. The lowest BCUT2D eigenvalue weighted by Gasteiger charge is -2.32. The maximum absolute atomic E-state index is 14.1. The SMILES string of the molecule is COc1ccnc(CNC(=O)N2CCOC(c3ccnn3C)C2)c1F. The first-order valence-corrected chi connectivity index (χ1v) is 7.89. The molecule has 1 atom stereocenters. The normalized spacial score (nSPS) is 17.4. The molecule has 0 radical (unpaired) electrons. The van der Waals surface area contributed by atoms with Crippen LogP contribution in [0.25, 0.3) is 0 Å². The number of hydrogen-bond donors (Lipinski definition) is 1. The molecular formula is C16H20FN5O3. The van der Waals surface area contributed by atoms with Crippen LogP contribution in [-0.4, -0.2) is 52.5 Å². The number of carbonyl (C=O) groups is 1. The largest absolute Gasteiger partial charge is 0.494 e. The molecule has 2 aromatic rings. The van der Waals surface area contributed by atoms with E-state index in [0.29, 0.717) is 19.7 Å². The van der Waals surface area contributed by atoms with Crippen molar-refractivity contribution in [1.82, 2.24) is 25.0 Å². The zero-order valence-electron chi connectivity index (χ0n) is 14.1. The first-order valence-electron chi connectivity index (χ1n) is 7.89. The lowest BCUT2D eigenvalue weighted by Crippen LogP contribution is -2.47. The number of nitrogens with zero attached hydrogens (tertiary/aromatic N) is 4. The average molecular weight is 349 g/mol. The number of methoxy groups -OCH3 is 1. The molecule has 1 aliphatic heterocycles. The molecule has 2 amide bonds. The van der Waals surface area contributed by atoms with Crippen LogP contribution in [0.15, 0.2) is 24.5 Å². The Kier molecular flexibility index (Phi) is 5.13. The van der Waals surface area contributed by atoms with Crippen LogP contribution >= 0.6 is 0 Å². The van der Waals surface area contributed by atoms with Gasteiger partial charge in [0, 0.05) is 32.1 Å². The van der Waals surface area contributed by atoms with Gasteiger partial charge in [-0.25, -0.2) is 9.18 Å². The highest BCUT2D eigenvalue weighted by molar-refractivity contribution is 5.74. The molecule has 0 saturated carbocycles. The van der Waals surface area contributed by atoms with Crippen LogP contribution in [0.3, 0.4) is 0 Å². The highest BCUT2D eigenvalue weighted by Gasteiger charge is 2.27. The van der Waals surface area contributed by atoms with Crippen LogP contribution in [0.4, 0.5) is 9.18 Å². The van der Waals surface area contributed by atoms with Crippen molar-refractivity contribution in [1.29, 1.82) is 0 Å². The molecule has 0 aromatic carbocycles.